The Hall–Kier alpha value is -2.84. The zero-order valence-electron chi connectivity index (χ0n) is 15.7. The Kier molecular flexibility index (Phi) is 6.98. The molecule has 9 nitrogen and oxygen atoms in total. The molecule has 1 fully saturated rings. The number of aromatic nitrogens is 2. The summed E-state index contributed by atoms with van der Waals surface area (Å²) in [4.78, 5) is 34.5. The highest BCUT2D eigenvalue weighted by Crippen LogP contribution is 2.35. The van der Waals surface area contributed by atoms with Crippen molar-refractivity contribution in [2.75, 3.05) is 5.32 Å². The van der Waals surface area contributed by atoms with E-state index >= 15 is 0 Å². The van der Waals surface area contributed by atoms with Crippen molar-refractivity contribution in [2.24, 2.45) is 5.73 Å². The van der Waals surface area contributed by atoms with Gasteiger partial charge in [0.15, 0.2) is 5.82 Å². The quantitative estimate of drug-likeness (QED) is 0.513. The van der Waals surface area contributed by atoms with Crippen LogP contribution in [-0.2, 0) is 14.3 Å². The molecule has 1 saturated carbocycles. The summed E-state index contributed by atoms with van der Waals surface area (Å²) in [5.74, 6) is -0.311. The number of alkyl carbamates (subject to hydrolysis) is 1. The van der Waals surface area contributed by atoms with Crippen LogP contribution in [0, 0.1) is 0 Å². The molecule has 3 amide bonds. The van der Waals surface area contributed by atoms with E-state index in [9.17, 15) is 14.4 Å². The van der Waals surface area contributed by atoms with Crippen LogP contribution in [0.25, 0.3) is 0 Å². The van der Waals surface area contributed by atoms with Gasteiger partial charge in [0.2, 0.25) is 5.91 Å². The molecule has 1 aliphatic rings. The summed E-state index contributed by atoms with van der Waals surface area (Å²) >= 11 is 0. The second-order valence-electron chi connectivity index (χ2n) is 7.07. The molecule has 2 rings (SSSR count). The van der Waals surface area contributed by atoms with E-state index in [2.05, 4.69) is 27.4 Å². The van der Waals surface area contributed by atoms with Gasteiger partial charge in [0.05, 0.1) is 0 Å². The molecule has 0 spiro atoms. The predicted octanol–water partition coefficient (Wildman–Crippen LogP) is 1.94. The van der Waals surface area contributed by atoms with Gasteiger partial charge in [-0.3, -0.25) is 14.7 Å². The summed E-state index contributed by atoms with van der Waals surface area (Å²) in [6.45, 7) is 7.41. The van der Waals surface area contributed by atoms with E-state index in [0.717, 1.165) is 18.5 Å². The van der Waals surface area contributed by atoms with Gasteiger partial charge in [-0.05, 0) is 39.5 Å². The number of hydrogen-bond acceptors (Lipinski definition) is 5. The SMILES string of the molecule is C=C(CCC(N)=O)C(=O)Nc1cc(C2CCC(OC(=O)NC(C)C)C2)[nH]n1. The molecule has 2 atom stereocenters. The first kappa shape index (κ1) is 20.5. The lowest BCUT2D eigenvalue weighted by Crippen LogP contribution is -2.33. The van der Waals surface area contributed by atoms with Crippen molar-refractivity contribution in [3.05, 3.63) is 23.9 Å². The van der Waals surface area contributed by atoms with Gasteiger partial charge >= 0.3 is 6.09 Å². The fourth-order valence-corrected chi connectivity index (χ4v) is 2.95. The minimum atomic E-state index is -0.480. The average molecular weight is 377 g/mol. The Morgan fingerprint density at radius 1 is 1.37 bits per heavy atom. The number of nitrogens with two attached hydrogens (primary N) is 1. The van der Waals surface area contributed by atoms with Crippen molar-refractivity contribution in [3.63, 3.8) is 0 Å². The fraction of sp³-hybridized carbons (Fsp3) is 0.556. The lowest BCUT2D eigenvalue weighted by atomic mass is 10.0. The number of primary amides is 1. The van der Waals surface area contributed by atoms with Crippen LogP contribution in [0.5, 0.6) is 0 Å². The Balaban J connectivity index is 1.83. The van der Waals surface area contributed by atoms with Crippen molar-refractivity contribution < 1.29 is 19.1 Å². The van der Waals surface area contributed by atoms with E-state index in [1.165, 1.54) is 0 Å². The lowest BCUT2D eigenvalue weighted by Gasteiger charge is -2.14. The van der Waals surface area contributed by atoms with Gasteiger partial charge in [0.25, 0.3) is 5.91 Å². The highest BCUT2D eigenvalue weighted by atomic mass is 16.6. The van der Waals surface area contributed by atoms with Crippen LogP contribution in [0.4, 0.5) is 10.6 Å². The van der Waals surface area contributed by atoms with Crippen molar-refractivity contribution >= 4 is 23.7 Å². The number of anilines is 1. The van der Waals surface area contributed by atoms with Crippen LogP contribution in [0.1, 0.15) is 57.6 Å². The minimum Gasteiger partial charge on any atom is -0.446 e. The normalized spacial score (nSPS) is 18.9. The number of carbonyl (C=O) groups is 3. The van der Waals surface area contributed by atoms with Gasteiger partial charge in [-0.15, -0.1) is 0 Å². The van der Waals surface area contributed by atoms with Gasteiger partial charge in [-0.1, -0.05) is 6.58 Å². The maximum Gasteiger partial charge on any atom is 0.407 e. The Bertz CT molecular complexity index is 712. The number of carbonyl (C=O) groups excluding carboxylic acids is 3. The van der Waals surface area contributed by atoms with E-state index < -0.39 is 17.9 Å². The second-order valence-corrected chi connectivity index (χ2v) is 7.07. The number of aromatic amines is 1. The maximum atomic E-state index is 12.0. The molecule has 0 aromatic carbocycles. The molecule has 2 unspecified atom stereocenters. The summed E-state index contributed by atoms with van der Waals surface area (Å²) in [7, 11) is 0. The largest absolute Gasteiger partial charge is 0.446 e. The van der Waals surface area contributed by atoms with Gasteiger partial charge in [0.1, 0.15) is 6.10 Å². The van der Waals surface area contributed by atoms with Crippen molar-refractivity contribution in [3.8, 4) is 0 Å². The number of H-pyrrole nitrogens is 1. The van der Waals surface area contributed by atoms with Gasteiger partial charge in [-0.25, -0.2) is 4.79 Å². The molecule has 0 radical (unpaired) electrons. The molecule has 5 N–H and O–H groups in total. The van der Waals surface area contributed by atoms with Crippen LogP contribution in [0.15, 0.2) is 18.2 Å². The van der Waals surface area contributed by atoms with E-state index in [0.29, 0.717) is 12.2 Å². The monoisotopic (exact) mass is 377 g/mol. The van der Waals surface area contributed by atoms with E-state index in [-0.39, 0.29) is 36.5 Å². The van der Waals surface area contributed by atoms with E-state index in [1.54, 1.807) is 6.07 Å². The predicted molar refractivity (Wildman–Crippen MR) is 99.9 cm³/mol. The molecule has 9 heteroatoms. The highest BCUT2D eigenvalue weighted by molar-refractivity contribution is 6.03. The first-order chi connectivity index (χ1) is 12.7. The number of amides is 3. The molecule has 27 heavy (non-hydrogen) atoms. The third-order valence-corrected chi connectivity index (χ3v) is 4.34. The van der Waals surface area contributed by atoms with Crippen LogP contribution < -0.4 is 16.4 Å². The third-order valence-electron chi connectivity index (χ3n) is 4.34. The van der Waals surface area contributed by atoms with Crippen LogP contribution >= 0.6 is 0 Å². The van der Waals surface area contributed by atoms with Gasteiger partial charge in [-0.2, -0.15) is 5.10 Å². The molecular weight excluding hydrogens is 350 g/mol. The topological polar surface area (TPSA) is 139 Å². The highest BCUT2D eigenvalue weighted by Gasteiger charge is 2.30. The number of rotatable bonds is 8. The zero-order valence-corrected chi connectivity index (χ0v) is 15.7. The van der Waals surface area contributed by atoms with Crippen molar-refractivity contribution in [2.45, 2.75) is 64.0 Å². The number of nitrogens with zero attached hydrogens (tertiary/aromatic N) is 1. The van der Waals surface area contributed by atoms with Gasteiger partial charge in [0, 0.05) is 35.7 Å². The molecular formula is C18H27N5O4. The second kappa shape index (κ2) is 9.20. The number of nitrogens with one attached hydrogen (secondary N) is 3. The smallest absolute Gasteiger partial charge is 0.407 e. The number of hydrogen-bond donors (Lipinski definition) is 4. The first-order valence-corrected chi connectivity index (χ1v) is 9.04. The first-order valence-electron chi connectivity index (χ1n) is 9.04. The third kappa shape index (κ3) is 6.43. The summed E-state index contributed by atoms with van der Waals surface area (Å²) in [5.41, 5.74) is 6.21. The lowest BCUT2D eigenvalue weighted by molar-refractivity contribution is -0.118. The van der Waals surface area contributed by atoms with Crippen molar-refractivity contribution in [1.29, 1.82) is 0 Å². The molecule has 0 saturated heterocycles. The maximum absolute atomic E-state index is 12.0. The minimum absolute atomic E-state index is 0.0335. The van der Waals surface area contributed by atoms with Gasteiger partial charge < -0.3 is 21.1 Å². The van der Waals surface area contributed by atoms with E-state index in [4.69, 9.17) is 10.5 Å². The Labute approximate surface area is 158 Å². The molecule has 148 valence electrons. The summed E-state index contributed by atoms with van der Waals surface area (Å²) in [6, 6.07) is 1.80. The Morgan fingerprint density at radius 3 is 2.78 bits per heavy atom. The average Bonchev–Trinajstić information content (AvgIpc) is 3.20. The van der Waals surface area contributed by atoms with Crippen LogP contribution in [-0.4, -0.2) is 40.3 Å². The molecule has 0 aliphatic heterocycles. The molecule has 0 bridgehead atoms. The number of ether oxygens (including phenoxy) is 1. The van der Waals surface area contributed by atoms with Crippen molar-refractivity contribution in [1.82, 2.24) is 15.5 Å². The molecule has 1 aromatic rings. The van der Waals surface area contributed by atoms with Crippen LogP contribution in [0.3, 0.4) is 0 Å². The fourth-order valence-electron chi connectivity index (χ4n) is 2.95. The van der Waals surface area contributed by atoms with E-state index in [1.807, 2.05) is 13.8 Å². The molecule has 1 aliphatic carbocycles. The summed E-state index contributed by atoms with van der Waals surface area (Å²) in [5, 5.41) is 12.4. The zero-order chi connectivity index (χ0) is 20.0. The van der Waals surface area contributed by atoms with Crippen LogP contribution in [0.2, 0.25) is 0 Å². The Morgan fingerprint density at radius 2 is 2.11 bits per heavy atom. The molecule has 1 aromatic heterocycles. The summed E-state index contributed by atoms with van der Waals surface area (Å²) in [6.07, 6.45) is 2.09. The molecule has 1 heterocycles. The summed E-state index contributed by atoms with van der Waals surface area (Å²) < 4.78 is 5.42. The standard InChI is InChI=1S/C18H27N5O4/c1-10(2)20-18(26)27-13-6-5-12(8-13)14-9-16(23-22-14)21-17(25)11(3)4-7-15(19)24/h9-10,12-13H,3-8H2,1-2H3,(H2,19,24)(H,20,26)(H2,21,22,23,25).